The van der Waals surface area contributed by atoms with Gasteiger partial charge in [0.25, 0.3) is 0 Å². The van der Waals surface area contributed by atoms with Crippen LogP contribution in [0.4, 0.5) is 0 Å². The predicted molar refractivity (Wildman–Crippen MR) is 87.1 cm³/mol. The molecule has 0 aliphatic carbocycles. The van der Waals surface area contributed by atoms with E-state index in [1.807, 2.05) is 4.90 Å². The number of hydrogen-bond donors (Lipinski definition) is 2. The van der Waals surface area contributed by atoms with Gasteiger partial charge in [0.1, 0.15) is 6.04 Å². The minimum Gasteiger partial charge on any atom is -0.378 e. The first-order valence-electron chi connectivity index (χ1n) is 7.99. The predicted octanol–water partition coefficient (Wildman–Crippen LogP) is 0.692. The summed E-state index contributed by atoms with van der Waals surface area (Å²) in [5.74, 6) is -0.0630. The minimum absolute atomic E-state index is 0. The summed E-state index contributed by atoms with van der Waals surface area (Å²) in [5, 5.41) is 6.06. The molecule has 2 aliphatic heterocycles. The third kappa shape index (κ3) is 5.41. The molecule has 2 fully saturated rings. The molecule has 2 heterocycles. The zero-order valence-corrected chi connectivity index (χ0v) is 14.3. The van der Waals surface area contributed by atoms with Gasteiger partial charge in [0, 0.05) is 31.6 Å². The van der Waals surface area contributed by atoms with Gasteiger partial charge in [0.15, 0.2) is 0 Å². The van der Waals surface area contributed by atoms with Crippen LogP contribution < -0.4 is 10.6 Å². The number of carbonyl (C=O) groups is 2. The van der Waals surface area contributed by atoms with Gasteiger partial charge < -0.3 is 20.3 Å². The Bertz CT molecular complexity index is 375. The van der Waals surface area contributed by atoms with E-state index in [9.17, 15) is 9.59 Å². The quantitative estimate of drug-likeness (QED) is 0.794. The zero-order valence-electron chi connectivity index (χ0n) is 13.5. The van der Waals surface area contributed by atoms with Crippen LogP contribution in [-0.4, -0.2) is 61.1 Å². The van der Waals surface area contributed by atoms with Crippen LogP contribution in [0.3, 0.4) is 0 Å². The highest BCUT2D eigenvalue weighted by atomic mass is 35.5. The lowest BCUT2D eigenvalue weighted by Crippen LogP contribution is -2.52. The summed E-state index contributed by atoms with van der Waals surface area (Å²) < 4.78 is 5.33. The van der Waals surface area contributed by atoms with Crippen molar-refractivity contribution in [2.75, 3.05) is 26.3 Å². The summed E-state index contributed by atoms with van der Waals surface area (Å²) in [7, 11) is 0. The largest absolute Gasteiger partial charge is 0.378 e. The SMILES string of the molecule is CC(NC(=O)CC1COCCN1)C(=O)N1CCCCC1C.Cl. The summed E-state index contributed by atoms with van der Waals surface area (Å²) in [4.78, 5) is 26.3. The van der Waals surface area contributed by atoms with E-state index in [-0.39, 0.29) is 36.3 Å². The van der Waals surface area contributed by atoms with Crippen LogP contribution in [0.15, 0.2) is 0 Å². The summed E-state index contributed by atoms with van der Waals surface area (Å²) in [5.41, 5.74) is 0. The molecule has 0 spiro atoms. The maximum Gasteiger partial charge on any atom is 0.245 e. The van der Waals surface area contributed by atoms with Gasteiger partial charge in [-0.3, -0.25) is 9.59 Å². The highest BCUT2D eigenvalue weighted by molar-refractivity contribution is 5.87. The second-order valence-corrected chi connectivity index (χ2v) is 6.10. The monoisotopic (exact) mass is 333 g/mol. The molecule has 0 bridgehead atoms. The average Bonchev–Trinajstić information content (AvgIpc) is 2.48. The molecule has 3 atom stereocenters. The van der Waals surface area contributed by atoms with E-state index in [0.29, 0.717) is 19.6 Å². The van der Waals surface area contributed by atoms with Gasteiger partial charge in [-0.05, 0) is 33.1 Å². The van der Waals surface area contributed by atoms with Gasteiger partial charge in [-0.2, -0.15) is 0 Å². The second kappa shape index (κ2) is 9.33. The van der Waals surface area contributed by atoms with Gasteiger partial charge in [-0.25, -0.2) is 0 Å². The molecule has 2 N–H and O–H groups in total. The second-order valence-electron chi connectivity index (χ2n) is 6.10. The van der Waals surface area contributed by atoms with E-state index < -0.39 is 6.04 Å². The van der Waals surface area contributed by atoms with E-state index in [1.54, 1.807) is 6.92 Å². The van der Waals surface area contributed by atoms with Gasteiger partial charge in [0.2, 0.25) is 11.8 Å². The standard InChI is InChI=1S/C15H27N3O3.ClH/c1-11-5-3-4-7-18(11)15(20)12(2)17-14(19)9-13-10-21-8-6-16-13;/h11-13,16H,3-10H2,1-2H3,(H,17,19);1H. The van der Waals surface area contributed by atoms with Crippen molar-refractivity contribution in [3.8, 4) is 0 Å². The van der Waals surface area contributed by atoms with Crippen molar-refractivity contribution in [2.24, 2.45) is 0 Å². The fourth-order valence-electron chi connectivity index (χ4n) is 3.01. The Morgan fingerprint density at radius 3 is 2.82 bits per heavy atom. The van der Waals surface area contributed by atoms with E-state index in [2.05, 4.69) is 17.6 Å². The molecule has 2 saturated heterocycles. The molecular weight excluding hydrogens is 306 g/mol. The molecule has 6 nitrogen and oxygen atoms in total. The maximum absolute atomic E-state index is 12.4. The lowest BCUT2D eigenvalue weighted by atomic mass is 10.0. The number of hydrogen-bond acceptors (Lipinski definition) is 4. The molecule has 2 aliphatic rings. The van der Waals surface area contributed by atoms with Crippen LogP contribution in [0.2, 0.25) is 0 Å². The molecule has 0 aromatic heterocycles. The lowest BCUT2D eigenvalue weighted by molar-refractivity contribution is -0.139. The molecule has 0 radical (unpaired) electrons. The first-order valence-corrected chi connectivity index (χ1v) is 7.99. The number of halogens is 1. The number of ether oxygens (including phenoxy) is 1. The van der Waals surface area contributed by atoms with E-state index in [4.69, 9.17) is 4.74 Å². The molecule has 2 rings (SSSR count). The molecule has 0 aromatic carbocycles. The third-order valence-corrected chi connectivity index (χ3v) is 4.26. The molecule has 0 saturated carbocycles. The average molecular weight is 334 g/mol. The van der Waals surface area contributed by atoms with Crippen molar-refractivity contribution in [3.05, 3.63) is 0 Å². The first-order chi connectivity index (χ1) is 10.1. The lowest BCUT2D eigenvalue weighted by Gasteiger charge is -2.35. The Balaban J connectivity index is 0.00000242. The number of likely N-dealkylation sites (tertiary alicyclic amines) is 1. The van der Waals surface area contributed by atoms with E-state index in [1.165, 1.54) is 6.42 Å². The van der Waals surface area contributed by atoms with Gasteiger partial charge in [-0.15, -0.1) is 12.4 Å². The number of amides is 2. The number of rotatable bonds is 4. The summed E-state index contributed by atoms with van der Waals surface area (Å²) >= 11 is 0. The normalized spacial score (nSPS) is 26.7. The number of nitrogens with zero attached hydrogens (tertiary/aromatic N) is 1. The number of morpholine rings is 1. The molecule has 0 aromatic rings. The Kier molecular flexibility index (Phi) is 8.14. The van der Waals surface area contributed by atoms with Gasteiger partial charge >= 0.3 is 0 Å². The third-order valence-electron chi connectivity index (χ3n) is 4.26. The molecular formula is C15H28ClN3O3. The summed E-state index contributed by atoms with van der Waals surface area (Å²) in [6, 6.07) is -0.128. The van der Waals surface area contributed by atoms with Crippen LogP contribution in [0.5, 0.6) is 0 Å². The van der Waals surface area contributed by atoms with Crippen molar-refractivity contribution < 1.29 is 14.3 Å². The van der Waals surface area contributed by atoms with Crippen LogP contribution in [-0.2, 0) is 14.3 Å². The molecule has 7 heteroatoms. The van der Waals surface area contributed by atoms with Crippen LogP contribution in [0.25, 0.3) is 0 Å². The highest BCUT2D eigenvalue weighted by Gasteiger charge is 2.28. The first kappa shape index (κ1) is 19.2. The van der Waals surface area contributed by atoms with E-state index >= 15 is 0 Å². The van der Waals surface area contributed by atoms with Crippen molar-refractivity contribution in [1.29, 1.82) is 0 Å². The zero-order chi connectivity index (χ0) is 15.2. The fourth-order valence-corrected chi connectivity index (χ4v) is 3.01. The Morgan fingerprint density at radius 1 is 1.41 bits per heavy atom. The van der Waals surface area contributed by atoms with Crippen molar-refractivity contribution in [1.82, 2.24) is 15.5 Å². The number of nitrogens with one attached hydrogen (secondary N) is 2. The van der Waals surface area contributed by atoms with Gasteiger partial charge in [0.05, 0.1) is 13.2 Å². The Hall–Kier alpha value is -0.850. The molecule has 22 heavy (non-hydrogen) atoms. The summed E-state index contributed by atoms with van der Waals surface area (Å²) in [6.45, 7) is 6.68. The smallest absolute Gasteiger partial charge is 0.245 e. The number of carbonyl (C=O) groups excluding carboxylic acids is 2. The van der Waals surface area contributed by atoms with Crippen LogP contribution in [0, 0.1) is 0 Å². The molecule has 2 amide bonds. The number of piperidine rings is 1. The van der Waals surface area contributed by atoms with Crippen molar-refractivity contribution in [2.45, 2.75) is 57.7 Å². The highest BCUT2D eigenvalue weighted by Crippen LogP contribution is 2.17. The fraction of sp³-hybridized carbons (Fsp3) is 0.867. The maximum atomic E-state index is 12.4. The topological polar surface area (TPSA) is 70.7 Å². The van der Waals surface area contributed by atoms with Gasteiger partial charge in [-0.1, -0.05) is 0 Å². The molecule has 128 valence electrons. The van der Waals surface area contributed by atoms with Crippen LogP contribution >= 0.6 is 12.4 Å². The molecule has 3 unspecified atom stereocenters. The Labute approximate surface area is 138 Å². The Morgan fingerprint density at radius 2 is 2.18 bits per heavy atom. The van der Waals surface area contributed by atoms with E-state index in [0.717, 1.165) is 25.9 Å². The van der Waals surface area contributed by atoms with Crippen LogP contribution in [0.1, 0.15) is 39.5 Å². The van der Waals surface area contributed by atoms with Crippen molar-refractivity contribution in [3.63, 3.8) is 0 Å². The summed E-state index contributed by atoms with van der Waals surface area (Å²) in [6.07, 6.45) is 3.64. The van der Waals surface area contributed by atoms with Crippen molar-refractivity contribution >= 4 is 24.2 Å². The minimum atomic E-state index is -0.456.